The van der Waals surface area contributed by atoms with Crippen LogP contribution in [-0.4, -0.2) is 18.6 Å². The number of ether oxygens (including phenoxy) is 1. The number of nitrogens with zero attached hydrogens (tertiary/aromatic N) is 1. The van der Waals surface area contributed by atoms with Crippen molar-refractivity contribution in [3.8, 4) is 5.75 Å². The van der Waals surface area contributed by atoms with E-state index in [0.717, 1.165) is 17.8 Å². The number of benzene rings is 1. The molecule has 1 heterocycles. The number of pyridine rings is 1. The minimum atomic E-state index is -5.34. The van der Waals surface area contributed by atoms with Gasteiger partial charge >= 0.3 is 58.4 Å². The quantitative estimate of drug-likeness (QED) is 0.566. The first-order chi connectivity index (χ1) is 9.47. The van der Waals surface area contributed by atoms with E-state index in [4.69, 9.17) is 4.74 Å². The summed E-state index contributed by atoms with van der Waals surface area (Å²) in [6, 6.07) is 7.97. The van der Waals surface area contributed by atoms with Crippen LogP contribution in [0.1, 0.15) is 5.69 Å². The SMILES string of the molecule is Fc1cc(OCCc2ccccn2)ccc1[B-](F)(F)F.[K+]. The summed E-state index contributed by atoms with van der Waals surface area (Å²) in [6.07, 6.45) is 2.13. The molecular weight excluding hydrogens is 312 g/mol. The van der Waals surface area contributed by atoms with Crippen molar-refractivity contribution < 1.29 is 73.5 Å². The van der Waals surface area contributed by atoms with E-state index in [1.54, 1.807) is 18.3 Å². The summed E-state index contributed by atoms with van der Waals surface area (Å²) in [5.74, 6) is -1.24. The van der Waals surface area contributed by atoms with E-state index in [1.165, 1.54) is 0 Å². The Balaban J connectivity index is 0.00000220. The molecule has 2 rings (SSSR count). The molecule has 0 bridgehead atoms. The van der Waals surface area contributed by atoms with E-state index in [0.29, 0.717) is 12.5 Å². The van der Waals surface area contributed by atoms with E-state index in [9.17, 15) is 17.3 Å². The molecule has 2 nitrogen and oxygen atoms in total. The second-order valence-electron chi connectivity index (χ2n) is 4.18. The Bertz CT molecular complexity index is 580. The molecule has 0 unspecified atom stereocenters. The molecule has 0 spiro atoms. The van der Waals surface area contributed by atoms with Crippen LogP contribution in [0.3, 0.4) is 0 Å². The molecule has 21 heavy (non-hydrogen) atoms. The van der Waals surface area contributed by atoms with Gasteiger partial charge in [0.05, 0.1) is 12.4 Å². The molecule has 0 aliphatic heterocycles. The number of hydrogen-bond donors (Lipinski definition) is 0. The number of rotatable bonds is 5. The maximum atomic E-state index is 13.3. The van der Waals surface area contributed by atoms with Crippen LogP contribution in [0.5, 0.6) is 5.75 Å². The fourth-order valence-corrected chi connectivity index (χ4v) is 1.68. The van der Waals surface area contributed by atoms with E-state index in [1.807, 2.05) is 6.07 Å². The van der Waals surface area contributed by atoms with Gasteiger partial charge in [-0.2, -0.15) is 0 Å². The van der Waals surface area contributed by atoms with Gasteiger partial charge in [0.1, 0.15) is 5.75 Å². The van der Waals surface area contributed by atoms with Crippen LogP contribution in [0.15, 0.2) is 42.6 Å². The molecule has 106 valence electrons. The maximum absolute atomic E-state index is 13.3. The molecule has 1 aromatic carbocycles. The van der Waals surface area contributed by atoms with Crippen molar-refractivity contribution in [2.75, 3.05) is 6.61 Å². The zero-order valence-corrected chi connectivity index (χ0v) is 14.5. The zero-order valence-electron chi connectivity index (χ0n) is 11.4. The van der Waals surface area contributed by atoms with E-state index in [-0.39, 0.29) is 63.7 Å². The number of hydrogen-bond acceptors (Lipinski definition) is 2. The monoisotopic (exact) mass is 323 g/mol. The van der Waals surface area contributed by atoms with Gasteiger partial charge in [0, 0.05) is 24.4 Å². The Morgan fingerprint density at radius 3 is 2.43 bits per heavy atom. The first-order valence-corrected chi connectivity index (χ1v) is 5.99. The Labute approximate surface area is 162 Å². The summed E-state index contributed by atoms with van der Waals surface area (Å²) < 4.78 is 55.8. The fourth-order valence-electron chi connectivity index (χ4n) is 1.68. The molecule has 0 aliphatic rings. The van der Waals surface area contributed by atoms with Crippen molar-refractivity contribution in [1.29, 1.82) is 0 Å². The largest absolute Gasteiger partial charge is 1.00 e. The number of aromatic nitrogens is 1. The van der Waals surface area contributed by atoms with E-state index >= 15 is 0 Å². The summed E-state index contributed by atoms with van der Waals surface area (Å²) in [7, 11) is 0. The normalized spacial score (nSPS) is 10.9. The molecule has 0 atom stereocenters. The Morgan fingerprint density at radius 1 is 1.10 bits per heavy atom. The van der Waals surface area contributed by atoms with Gasteiger partial charge in [-0.1, -0.05) is 17.6 Å². The zero-order chi connectivity index (χ0) is 14.6. The van der Waals surface area contributed by atoms with Crippen LogP contribution in [0, 0.1) is 5.82 Å². The minimum absolute atomic E-state index is 0. The molecule has 0 fully saturated rings. The van der Waals surface area contributed by atoms with Gasteiger partial charge in [0.2, 0.25) is 0 Å². The molecule has 0 N–H and O–H groups in total. The standard InChI is InChI=1S/C13H11BF4NO.K/c15-13-9-11(4-5-12(13)14(16,17)18)20-8-6-10-3-1-2-7-19-10;/h1-5,7,9H,6,8H2;/q-1;+1. The van der Waals surface area contributed by atoms with E-state index in [2.05, 4.69) is 4.98 Å². The molecule has 2 aromatic rings. The molecule has 0 aliphatic carbocycles. The van der Waals surface area contributed by atoms with Gasteiger partial charge < -0.3 is 17.7 Å². The molecule has 0 saturated carbocycles. The van der Waals surface area contributed by atoms with Crippen molar-refractivity contribution in [3.63, 3.8) is 0 Å². The maximum Gasteiger partial charge on any atom is 1.00 e. The minimum Gasteiger partial charge on any atom is -0.493 e. The van der Waals surface area contributed by atoms with Gasteiger partial charge in [0.15, 0.2) is 0 Å². The van der Waals surface area contributed by atoms with Crippen molar-refractivity contribution >= 4 is 12.4 Å². The topological polar surface area (TPSA) is 22.1 Å². The third-order valence-corrected chi connectivity index (χ3v) is 2.68. The van der Waals surface area contributed by atoms with Crippen LogP contribution in [0.2, 0.25) is 0 Å². The van der Waals surface area contributed by atoms with Crippen molar-refractivity contribution in [1.82, 2.24) is 4.98 Å². The van der Waals surface area contributed by atoms with Crippen molar-refractivity contribution in [2.24, 2.45) is 0 Å². The molecule has 8 heteroatoms. The first-order valence-electron chi connectivity index (χ1n) is 5.99. The summed E-state index contributed by atoms with van der Waals surface area (Å²) in [6.45, 7) is -5.12. The summed E-state index contributed by atoms with van der Waals surface area (Å²) >= 11 is 0. The molecule has 0 saturated heterocycles. The first kappa shape index (κ1) is 18.6. The van der Waals surface area contributed by atoms with Crippen LogP contribution >= 0.6 is 0 Å². The van der Waals surface area contributed by atoms with Crippen molar-refractivity contribution in [2.45, 2.75) is 6.42 Å². The Hall–Kier alpha value is -0.409. The van der Waals surface area contributed by atoms with Crippen molar-refractivity contribution in [3.05, 3.63) is 54.1 Å². The molecule has 0 radical (unpaired) electrons. The predicted octanol–water partition coefficient (Wildman–Crippen LogP) is -0.0994. The number of halogens is 4. The van der Waals surface area contributed by atoms with E-state index < -0.39 is 18.3 Å². The smallest absolute Gasteiger partial charge is 0.493 e. The average molecular weight is 323 g/mol. The summed E-state index contributed by atoms with van der Waals surface area (Å²) in [5.41, 5.74) is -0.440. The summed E-state index contributed by atoms with van der Waals surface area (Å²) in [5, 5.41) is 0. The molecule has 1 aromatic heterocycles. The third kappa shape index (κ3) is 5.71. The van der Waals surface area contributed by atoms with Crippen LogP contribution in [0.4, 0.5) is 17.3 Å². The van der Waals surface area contributed by atoms with Crippen LogP contribution < -0.4 is 61.6 Å². The second-order valence-corrected chi connectivity index (χ2v) is 4.18. The van der Waals surface area contributed by atoms with Gasteiger partial charge in [-0.05, 0) is 18.2 Å². The Kier molecular flexibility index (Phi) is 7.35. The molecular formula is C13H11BF4KNO. The van der Waals surface area contributed by atoms with Crippen LogP contribution in [0.25, 0.3) is 0 Å². The fraction of sp³-hybridized carbons (Fsp3) is 0.154. The van der Waals surface area contributed by atoms with Crippen LogP contribution in [-0.2, 0) is 6.42 Å². The summed E-state index contributed by atoms with van der Waals surface area (Å²) in [4.78, 5) is 4.07. The predicted molar refractivity (Wildman–Crippen MR) is 68.5 cm³/mol. The third-order valence-electron chi connectivity index (χ3n) is 2.68. The average Bonchev–Trinajstić information content (AvgIpc) is 2.38. The van der Waals surface area contributed by atoms with Gasteiger partial charge in [0.25, 0.3) is 0 Å². The van der Waals surface area contributed by atoms with Gasteiger partial charge in [-0.15, -0.1) is 0 Å². The second kappa shape index (κ2) is 8.28. The molecule has 0 amide bonds. The van der Waals surface area contributed by atoms with Gasteiger partial charge in [-0.3, -0.25) is 4.98 Å². The Morgan fingerprint density at radius 2 is 1.86 bits per heavy atom. The van der Waals surface area contributed by atoms with Gasteiger partial charge in [-0.25, -0.2) is 4.39 Å².